The smallest absolute Gasteiger partial charge is 0.242 e. The summed E-state index contributed by atoms with van der Waals surface area (Å²) in [5, 5.41) is 2.68. The number of amides is 1. The predicted octanol–water partition coefficient (Wildman–Crippen LogP) is 0.387. The first-order valence-electron chi connectivity index (χ1n) is 5.96. The lowest BCUT2D eigenvalue weighted by atomic mass is 10.2. The maximum Gasteiger partial charge on any atom is 0.242 e. The van der Waals surface area contributed by atoms with Gasteiger partial charge in [0.15, 0.2) is 0 Å². The van der Waals surface area contributed by atoms with E-state index in [2.05, 4.69) is 10.3 Å². The highest BCUT2D eigenvalue weighted by atomic mass is 16.5. The van der Waals surface area contributed by atoms with Crippen LogP contribution in [-0.4, -0.2) is 37.6 Å². The molecule has 1 fully saturated rings. The Balaban J connectivity index is 2.27. The second kappa shape index (κ2) is 5.12. The van der Waals surface area contributed by atoms with Crippen molar-refractivity contribution in [2.75, 3.05) is 31.3 Å². The van der Waals surface area contributed by atoms with Gasteiger partial charge in [0.25, 0.3) is 0 Å². The van der Waals surface area contributed by atoms with E-state index in [4.69, 9.17) is 10.5 Å². The number of pyridine rings is 1. The average Bonchev–Trinajstić information content (AvgIpc) is 2.87. The number of aromatic nitrogens is 1. The van der Waals surface area contributed by atoms with Crippen LogP contribution in [0.1, 0.15) is 12.8 Å². The normalized spacial score (nSPS) is 18.8. The van der Waals surface area contributed by atoms with Crippen molar-refractivity contribution in [3.05, 3.63) is 12.1 Å². The molecule has 2 heterocycles. The molecule has 0 radical (unpaired) electrons. The average molecular weight is 250 g/mol. The summed E-state index contributed by atoms with van der Waals surface area (Å²) in [7, 11) is 3.18. The minimum atomic E-state index is -0.157. The largest absolute Gasteiger partial charge is 0.479 e. The number of hydrogen-bond donors (Lipinski definition) is 2. The van der Waals surface area contributed by atoms with Gasteiger partial charge in [-0.15, -0.1) is 0 Å². The van der Waals surface area contributed by atoms with Crippen molar-refractivity contribution in [2.45, 2.75) is 18.9 Å². The van der Waals surface area contributed by atoms with Crippen molar-refractivity contribution >= 4 is 17.4 Å². The molecule has 3 N–H and O–H groups in total. The molecule has 6 heteroatoms. The van der Waals surface area contributed by atoms with Crippen LogP contribution in [0, 0.1) is 0 Å². The van der Waals surface area contributed by atoms with Gasteiger partial charge in [-0.3, -0.25) is 4.79 Å². The molecule has 0 saturated carbocycles. The maximum absolute atomic E-state index is 11.8. The standard InChI is InChI=1S/C12H18N4O2/c1-14-11(17)9-4-3-7-16(9)10-6-5-8(13)12(15-10)18-2/h5-6,9H,3-4,7,13H2,1-2H3,(H,14,17). The molecule has 1 unspecified atom stereocenters. The SMILES string of the molecule is CNC(=O)C1CCCN1c1ccc(N)c(OC)n1. The molecule has 1 amide bonds. The number of nitrogens with zero attached hydrogens (tertiary/aromatic N) is 2. The van der Waals surface area contributed by atoms with Crippen LogP contribution in [0.5, 0.6) is 5.88 Å². The summed E-state index contributed by atoms with van der Waals surface area (Å²) in [6.45, 7) is 0.818. The van der Waals surface area contributed by atoms with E-state index in [1.165, 1.54) is 7.11 Å². The lowest BCUT2D eigenvalue weighted by Crippen LogP contribution is -2.42. The number of rotatable bonds is 3. The number of hydrogen-bond acceptors (Lipinski definition) is 5. The van der Waals surface area contributed by atoms with E-state index < -0.39 is 0 Å². The van der Waals surface area contributed by atoms with E-state index in [0.717, 1.165) is 25.2 Å². The number of nitrogen functional groups attached to an aromatic ring is 1. The Morgan fingerprint density at radius 3 is 3.06 bits per heavy atom. The molecule has 6 nitrogen and oxygen atoms in total. The zero-order valence-corrected chi connectivity index (χ0v) is 10.6. The molecule has 1 aliphatic rings. The number of carbonyl (C=O) groups is 1. The second-order valence-corrected chi connectivity index (χ2v) is 4.23. The molecule has 0 aromatic carbocycles. The van der Waals surface area contributed by atoms with Crippen LogP contribution in [0.15, 0.2) is 12.1 Å². The summed E-state index contributed by atoms with van der Waals surface area (Å²) in [4.78, 5) is 18.1. The van der Waals surface area contributed by atoms with Crippen molar-refractivity contribution in [1.29, 1.82) is 0 Å². The fourth-order valence-electron chi connectivity index (χ4n) is 2.25. The quantitative estimate of drug-likeness (QED) is 0.811. The highest BCUT2D eigenvalue weighted by Crippen LogP contribution is 2.28. The van der Waals surface area contributed by atoms with Crippen LogP contribution in [0.3, 0.4) is 0 Å². The highest BCUT2D eigenvalue weighted by Gasteiger charge is 2.31. The number of anilines is 2. The third kappa shape index (κ3) is 2.18. The zero-order valence-electron chi connectivity index (χ0n) is 10.6. The van der Waals surface area contributed by atoms with Crippen molar-refractivity contribution in [2.24, 2.45) is 0 Å². The van der Waals surface area contributed by atoms with E-state index in [1.807, 2.05) is 11.0 Å². The van der Waals surface area contributed by atoms with Crippen LogP contribution in [-0.2, 0) is 4.79 Å². The Labute approximate surface area is 106 Å². The number of ether oxygens (including phenoxy) is 1. The minimum absolute atomic E-state index is 0.0186. The van der Waals surface area contributed by atoms with Gasteiger partial charge in [0, 0.05) is 13.6 Å². The third-order valence-electron chi connectivity index (χ3n) is 3.16. The third-order valence-corrected chi connectivity index (χ3v) is 3.16. The Hall–Kier alpha value is -1.98. The Bertz CT molecular complexity index is 450. The van der Waals surface area contributed by atoms with Gasteiger partial charge in [0.2, 0.25) is 11.8 Å². The molecule has 2 rings (SSSR count). The predicted molar refractivity (Wildman–Crippen MR) is 69.6 cm³/mol. The van der Waals surface area contributed by atoms with Gasteiger partial charge in [-0.2, -0.15) is 4.98 Å². The van der Waals surface area contributed by atoms with Gasteiger partial charge < -0.3 is 20.7 Å². The summed E-state index contributed by atoms with van der Waals surface area (Å²) >= 11 is 0. The van der Waals surface area contributed by atoms with Crippen LogP contribution in [0.25, 0.3) is 0 Å². The van der Waals surface area contributed by atoms with E-state index in [9.17, 15) is 4.79 Å². The number of likely N-dealkylation sites (N-methyl/N-ethyl adjacent to an activating group) is 1. The van der Waals surface area contributed by atoms with Crippen LogP contribution >= 0.6 is 0 Å². The lowest BCUT2D eigenvalue weighted by Gasteiger charge is -2.24. The van der Waals surface area contributed by atoms with Gasteiger partial charge in [-0.25, -0.2) is 0 Å². The number of nitrogens with one attached hydrogen (secondary N) is 1. The van der Waals surface area contributed by atoms with Gasteiger partial charge >= 0.3 is 0 Å². The second-order valence-electron chi connectivity index (χ2n) is 4.23. The monoisotopic (exact) mass is 250 g/mol. The zero-order chi connectivity index (χ0) is 13.1. The minimum Gasteiger partial charge on any atom is -0.479 e. The van der Waals surface area contributed by atoms with E-state index >= 15 is 0 Å². The number of nitrogens with two attached hydrogens (primary N) is 1. The first-order valence-corrected chi connectivity index (χ1v) is 5.96. The molecule has 0 aliphatic carbocycles. The summed E-state index contributed by atoms with van der Waals surface area (Å²) in [6.07, 6.45) is 1.82. The van der Waals surface area contributed by atoms with Gasteiger partial charge in [-0.05, 0) is 25.0 Å². The van der Waals surface area contributed by atoms with Crippen LogP contribution in [0.4, 0.5) is 11.5 Å². The molecule has 0 bridgehead atoms. The van der Waals surface area contributed by atoms with E-state index in [-0.39, 0.29) is 11.9 Å². The van der Waals surface area contributed by atoms with Crippen molar-refractivity contribution in [1.82, 2.24) is 10.3 Å². The molecule has 98 valence electrons. The summed E-state index contributed by atoms with van der Waals surface area (Å²) in [5.74, 6) is 1.15. The van der Waals surface area contributed by atoms with Crippen molar-refractivity contribution < 1.29 is 9.53 Å². The number of carbonyl (C=O) groups excluding carboxylic acids is 1. The van der Waals surface area contributed by atoms with E-state index in [0.29, 0.717) is 11.6 Å². The molecular weight excluding hydrogens is 232 g/mol. The fraction of sp³-hybridized carbons (Fsp3) is 0.500. The highest BCUT2D eigenvalue weighted by molar-refractivity contribution is 5.85. The summed E-state index contributed by atoms with van der Waals surface area (Å²) in [6, 6.07) is 3.41. The molecule has 1 atom stereocenters. The Morgan fingerprint density at radius 2 is 2.39 bits per heavy atom. The fourth-order valence-corrected chi connectivity index (χ4v) is 2.25. The maximum atomic E-state index is 11.8. The Morgan fingerprint density at radius 1 is 1.61 bits per heavy atom. The molecule has 18 heavy (non-hydrogen) atoms. The first kappa shape index (κ1) is 12.5. The first-order chi connectivity index (χ1) is 8.67. The van der Waals surface area contributed by atoms with E-state index in [1.54, 1.807) is 13.1 Å². The summed E-state index contributed by atoms with van der Waals surface area (Å²) < 4.78 is 5.10. The molecule has 1 saturated heterocycles. The summed E-state index contributed by atoms with van der Waals surface area (Å²) in [5.41, 5.74) is 6.23. The van der Waals surface area contributed by atoms with Crippen molar-refractivity contribution in [3.63, 3.8) is 0 Å². The molecular formula is C12H18N4O2. The topological polar surface area (TPSA) is 80.5 Å². The lowest BCUT2D eigenvalue weighted by molar-refractivity contribution is -0.121. The van der Waals surface area contributed by atoms with Crippen LogP contribution < -0.4 is 20.7 Å². The molecule has 1 aromatic rings. The van der Waals surface area contributed by atoms with Gasteiger partial charge in [-0.1, -0.05) is 0 Å². The Kier molecular flexibility index (Phi) is 3.55. The molecule has 0 spiro atoms. The van der Waals surface area contributed by atoms with Crippen LogP contribution in [0.2, 0.25) is 0 Å². The van der Waals surface area contributed by atoms with Crippen molar-refractivity contribution in [3.8, 4) is 5.88 Å². The molecule has 1 aromatic heterocycles. The number of methoxy groups -OCH3 is 1. The molecule has 1 aliphatic heterocycles. The van der Waals surface area contributed by atoms with Gasteiger partial charge in [0.05, 0.1) is 12.8 Å². The van der Waals surface area contributed by atoms with Gasteiger partial charge in [0.1, 0.15) is 11.9 Å².